The molecule has 2 aromatic carbocycles. The van der Waals surface area contributed by atoms with E-state index < -0.39 is 10.8 Å². The molecular weight excluding hydrogens is 342 g/mol. The van der Waals surface area contributed by atoms with Crippen molar-refractivity contribution in [1.82, 2.24) is 4.98 Å². The molecule has 4 rings (SSSR count). The first-order valence-electron chi connectivity index (χ1n) is 7.21. The number of nitrogens with one attached hydrogen (secondary N) is 1. The van der Waals surface area contributed by atoms with Crippen LogP contribution in [0, 0.1) is 0 Å². The normalized spacial score (nSPS) is 13.1. The summed E-state index contributed by atoms with van der Waals surface area (Å²) in [5.74, 6) is -0.959. The Labute approximate surface area is 144 Å². The lowest BCUT2D eigenvalue weighted by Crippen LogP contribution is -2.20. The molecule has 0 atom stereocenters. The average Bonchev–Trinajstić information content (AvgIpc) is 2.95. The summed E-state index contributed by atoms with van der Waals surface area (Å²) >= 11 is 0.688. The summed E-state index contributed by atoms with van der Waals surface area (Å²) in [6.45, 7) is 0. The molecule has 25 heavy (non-hydrogen) atoms. The first-order valence-corrected chi connectivity index (χ1v) is 8.03. The maximum Gasteiger partial charge on any atom is 0.309 e. The summed E-state index contributed by atoms with van der Waals surface area (Å²) in [6, 6.07) is 11.3. The van der Waals surface area contributed by atoms with Crippen molar-refractivity contribution in [2.75, 3.05) is 0 Å². The number of aromatic hydroxyl groups is 1. The summed E-state index contributed by atoms with van der Waals surface area (Å²) in [7, 11) is 0. The van der Waals surface area contributed by atoms with Crippen LogP contribution in [0.25, 0.3) is 0 Å². The van der Waals surface area contributed by atoms with Crippen LogP contribution in [0.3, 0.4) is 0 Å². The van der Waals surface area contributed by atoms with Gasteiger partial charge in [0.1, 0.15) is 0 Å². The monoisotopic (exact) mass is 351 g/mol. The molecule has 3 aromatic rings. The van der Waals surface area contributed by atoms with E-state index in [-0.39, 0.29) is 33.4 Å². The number of H-pyrrole nitrogens is 1. The number of thiazole rings is 1. The number of carbonyl (C=O) groups is 2. The number of aromatic nitrogens is 1. The predicted octanol–water partition coefficient (Wildman–Crippen LogP) is 3.33. The van der Waals surface area contributed by atoms with Gasteiger partial charge in [-0.3, -0.25) is 19.4 Å². The molecule has 0 bridgehead atoms. The summed E-state index contributed by atoms with van der Waals surface area (Å²) in [6.07, 6.45) is 0. The molecule has 7 nitrogen and oxygen atoms in total. The van der Waals surface area contributed by atoms with Crippen molar-refractivity contribution in [3.8, 4) is 5.88 Å². The fourth-order valence-electron chi connectivity index (χ4n) is 2.69. The Balaban J connectivity index is 1.85. The molecule has 0 saturated carbocycles. The first kappa shape index (κ1) is 15.2. The largest absolute Gasteiger partial charge is 0.492 e. The standard InChI is InChI=1S/C17H9N3O4S/c21-13-8-4-1-2-5-9(8)14(22)12-10(13)6-3-7-11(12)19-20-16-15(23)18-17(24)25-16/h1-7,23H,(H,18,24). The highest BCUT2D eigenvalue weighted by molar-refractivity contribution is 7.13. The summed E-state index contributed by atoms with van der Waals surface area (Å²) in [5, 5.41) is 17.3. The second-order valence-corrected chi connectivity index (χ2v) is 6.23. The van der Waals surface area contributed by atoms with E-state index >= 15 is 0 Å². The minimum absolute atomic E-state index is 0.00223. The minimum atomic E-state index is -0.471. The van der Waals surface area contributed by atoms with Crippen LogP contribution in [-0.2, 0) is 0 Å². The predicted molar refractivity (Wildman–Crippen MR) is 90.5 cm³/mol. The zero-order valence-electron chi connectivity index (χ0n) is 12.5. The van der Waals surface area contributed by atoms with Gasteiger partial charge in [0.25, 0.3) is 0 Å². The van der Waals surface area contributed by atoms with Gasteiger partial charge in [0, 0.05) is 16.7 Å². The van der Waals surface area contributed by atoms with Crippen molar-refractivity contribution in [2.45, 2.75) is 0 Å². The minimum Gasteiger partial charge on any atom is -0.492 e. The number of nitrogens with zero attached hydrogens (tertiary/aromatic N) is 2. The van der Waals surface area contributed by atoms with Crippen LogP contribution in [0.1, 0.15) is 31.8 Å². The van der Waals surface area contributed by atoms with Crippen LogP contribution in [0.15, 0.2) is 57.5 Å². The van der Waals surface area contributed by atoms with E-state index in [0.717, 1.165) is 0 Å². The number of benzene rings is 2. The van der Waals surface area contributed by atoms with E-state index in [1.165, 1.54) is 0 Å². The van der Waals surface area contributed by atoms with Gasteiger partial charge >= 0.3 is 4.87 Å². The second-order valence-electron chi connectivity index (χ2n) is 5.27. The van der Waals surface area contributed by atoms with Crippen molar-refractivity contribution in [2.24, 2.45) is 10.2 Å². The Hall–Kier alpha value is -3.39. The Morgan fingerprint density at radius 1 is 0.840 bits per heavy atom. The molecule has 1 aliphatic rings. The van der Waals surface area contributed by atoms with Gasteiger partial charge in [-0.05, 0) is 17.4 Å². The second kappa shape index (κ2) is 5.60. The number of fused-ring (bicyclic) bond motifs is 2. The molecule has 122 valence electrons. The highest BCUT2D eigenvalue weighted by atomic mass is 32.1. The molecule has 0 unspecified atom stereocenters. The summed E-state index contributed by atoms with van der Waals surface area (Å²) in [4.78, 5) is 38.3. The SMILES string of the molecule is O=C1c2ccccc2C(=O)c2c(N=Nc3sc(=O)[nH]c3O)cccc21. The third-order valence-corrected chi connectivity index (χ3v) is 4.55. The lowest BCUT2D eigenvalue weighted by Gasteiger charge is -2.18. The quantitative estimate of drug-likeness (QED) is 0.539. The van der Waals surface area contributed by atoms with Crippen LogP contribution < -0.4 is 4.87 Å². The van der Waals surface area contributed by atoms with Crippen molar-refractivity contribution < 1.29 is 14.7 Å². The molecule has 0 radical (unpaired) electrons. The first-order chi connectivity index (χ1) is 12.1. The van der Waals surface area contributed by atoms with Gasteiger partial charge in [0.15, 0.2) is 11.6 Å². The molecule has 0 fully saturated rings. The summed E-state index contributed by atoms with van der Waals surface area (Å²) in [5.41, 5.74) is 1.29. The van der Waals surface area contributed by atoms with Crippen molar-refractivity contribution in [3.63, 3.8) is 0 Å². The highest BCUT2D eigenvalue weighted by Crippen LogP contribution is 2.35. The highest BCUT2D eigenvalue weighted by Gasteiger charge is 2.31. The third kappa shape index (κ3) is 2.39. The van der Waals surface area contributed by atoms with Gasteiger partial charge in [0.05, 0.1) is 11.3 Å². The molecule has 0 amide bonds. The smallest absolute Gasteiger partial charge is 0.309 e. The average molecular weight is 351 g/mol. The number of hydrogen-bond acceptors (Lipinski definition) is 7. The Morgan fingerprint density at radius 3 is 2.20 bits per heavy atom. The number of ketones is 2. The lowest BCUT2D eigenvalue weighted by molar-refractivity contribution is 0.0979. The zero-order chi connectivity index (χ0) is 17.6. The van der Waals surface area contributed by atoms with Crippen LogP contribution >= 0.6 is 11.3 Å². The molecule has 1 aliphatic carbocycles. The van der Waals surface area contributed by atoms with E-state index in [4.69, 9.17) is 0 Å². The van der Waals surface area contributed by atoms with Crippen molar-refractivity contribution in [3.05, 3.63) is 74.4 Å². The molecule has 0 spiro atoms. The van der Waals surface area contributed by atoms with E-state index in [9.17, 15) is 19.5 Å². The van der Waals surface area contributed by atoms with Gasteiger partial charge in [-0.15, -0.1) is 10.2 Å². The van der Waals surface area contributed by atoms with Gasteiger partial charge in [0.2, 0.25) is 10.9 Å². The fraction of sp³-hybridized carbons (Fsp3) is 0. The number of carbonyl (C=O) groups excluding carboxylic acids is 2. The third-order valence-electron chi connectivity index (χ3n) is 3.79. The van der Waals surface area contributed by atoms with Gasteiger partial charge in [-0.2, -0.15) is 0 Å². The number of rotatable bonds is 2. The Bertz CT molecular complexity index is 1130. The van der Waals surface area contributed by atoms with Gasteiger partial charge < -0.3 is 5.11 Å². The van der Waals surface area contributed by atoms with Crippen LogP contribution in [0.5, 0.6) is 5.88 Å². The van der Waals surface area contributed by atoms with Crippen LogP contribution in [0.2, 0.25) is 0 Å². The molecule has 0 saturated heterocycles. The molecule has 2 N–H and O–H groups in total. The maximum atomic E-state index is 12.8. The Kier molecular flexibility index (Phi) is 3.40. The van der Waals surface area contributed by atoms with Crippen molar-refractivity contribution >= 4 is 33.6 Å². The maximum absolute atomic E-state index is 12.8. The van der Waals surface area contributed by atoms with E-state index in [1.807, 2.05) is 0 Å². The number of hydrogen-bond donors (Lipinski definition) is 2. The summed E-state index contributed by atoms with van der Waals surface area (Å²) < 4.78 is 0. The van der Waals surface area contributed by atoms with Crippen LogP contribution in [0.4, 0.5) is 10.7 Å². The van der Waals surface area contributed by atoms with E-state index in [0.29, 0.717) is 22.5 Å². The molecular formula is C17H9N3O4S. The van der Waals surface area contributed by atoms with Gasteiger partial charge in [-0.1, -0.05) is 36.4 Å². The Morgan fingerprint density at radius 2 is 1.52 bits per heavy atom. The molecule has 1 heterocycles. The zero-order valence-corrected chi connectivity index (χ0v) is 13.3. The van der Waals surface area contributed by atoms with Crippen molar-refractivity contribution in [1.29, 1.82) is 0 Å². The van der Waals surface area contributed by atoms with E-state index in [1.54, 1.807) is 42.5 Å². The van der Waals surface area contributed by atoms with E-state index in [2.05, 4.69) is 15.2 Å². The topological polar surface area (TPSA) is 112 Å². The molecule has 0 aliphatic heterocycles. The number of azo groups is 1. The van der Waals surface area contributed by atoms with Crippen LogP contribution in [-0.4, -0.2) is 21.7 Å². The fourth-order valence-corrected chi connectivity index (χ4v) is 3.24. The van der Waals surface area contributed by atoms with Gasteiger partial charge in [-0.25, -0.2) is 0 Å². The molecule has 1 aromatic heterocycles. The molecule has 8 heteroatoms. The number of aromatic amines is 1. The lowest BCUT2D eigenvalue weighted by atomic mass is 9.83.